The molecule has 2 aromatic carbocycles. The molecule has 0 spiro atoms. The van der Waals surface area contributed by atoms with E-state index in [0.29, 0.717) is 24.0 Å². The molecule has 31 heavy (non-hydrogen) atoms. The van der Waals surface area contributed by atoms with E-state index in [0.717, 1.165) is 44.6 Å². The van der Waals surface area contributed by atoms with Crippen LogP contribution in [0.5, 0.6) is 5.75 Å². The van der Waals surface area contributed by atoms with Gasteiger partial charge >= 0.3 is 24.8 Å². The van der Waals surface area contributed by atoms with Gasteiger partial charge in [-0.15, -0.1) is 0 Å². The maximum Gasteiger partial charge on any atom is 1.00 e. The van der Waals surface area contributed by atoms with E-state index in [-0.39, 0.29) is 31.8 Å². The average Bonchev–Trinajstić information content (AvgIpc) is 3.45. The van der Waals surface area contributed by atoms with E-state index in [4.69, 9.17) is 9.84 Å². The van der Waals surface area contributed by atoms with Crippen LogP contribution in [0.2, 0.25) is 0 Å². The molecule has 0 radical (unpaired) electrons. The number of likely N-dealkylation sites (tertiary alicyclic amines) is 2. The van der Waals surface area contributed by atoms with Gasteiger partial charge < -0.3 is 21.1 Å². The monoisotopic (exact) mass is 416 g/mol. The van der Waals surface area contributed by atoms with Gasteiger partial charge in [-0.2, -0.15) is 0 Å². The molecule has 2 fully saturated rings. The Kier molecular flexibility index (Phi) is 8.20. The fourth-order valence-electron chi connectivity index (χ4n) is 4.33. The maximum atomic E-state index is 13.0. The zero-order valence-electron chi connectivity index (χ0n) is 19.1. The summed E-state index contributed by atoms with van der Waals surface area (Å²) in [4.78, 5) is 28.5. The maximum absolute atomic E-state index is 13.0. The van der Waals surface area contributed by atoms with Gasteiger partial charge in [0.2, 0.25) is 0 Å². The number of amides is 1. The van der Waals surface area contributed by atoms with Gasteiger partial charge in [0.15, 0.2) is 0 Å². The van der Waals surface area contributed by atoms with E-state index in [2.05, 4.69) is 4.90 Å². The number of hydrogen-bond donors (Lipinski definition) is 1. The first-order valence-electron chi connectivity index (χ1n) is 10.7. The SMILES string of the molecule is O=C(O)c1ccc(COc2ccc(C(=O)N3CCCC3CN3CCCC3)cc2)cc1.[H-].[Li+]. The summed E-state index contributed by atoms with van der Waals surface area (Å²) in [6.45, 7) is 4.49. The van der Waals surface area contributed by atoms with E-state index in [1.807, 2.05) is 29.2 Å². The second-order valence-electron chi connectivity index (χ2n) is 8.12. The number of aromatic carboxylic acids is 1. The fraction of sp³-hybridized carbons (Fsp3) is 0.417. The molecule has 0 aliphatic carbocycles. The molecule has 1 unspecified atom stereocenters. The van der Waals surface area contributed by atoms with Crippen molar-refractivity contribution in [2.24, 2.45) is 0 Å². The Morgan fingerprint density at radius 1 is 0.935 bits per heavy atom. The summed E-state index contributed by atoms with van der Waals surface area (Å²) in [6, 6.07) is 14.3. The van der Waals surface area contributed by atoms with Crippen molar-refractivity contribution in [2.45, 2.75) is 38.3 Å². The zero-order valence-corrected chi connectivity index (χ0v) is 18.1. The number of ether oxygens (including phenoxy) is 1. The molecule has 0 saturated carbocycles. The molecule has 1 amide bonds. The Morgan fingerprint density at radius 3 is 2.23 bits per heavy atom. The third-order valence-corrected chi connectivity index (χ3v) is 6.01. The van der Waals surface area contributed by atoms with Crippen molar-refractivity contribution in [1.29, 1.82) is 0 Å². The average molecular weight is 416 g/mol. The summed E-state index contributed by atoms with van der Waals surface area (Å²) < 4.78 is 5.78. The summed E-state index contributed by atoms with van der Waals surface area (Å²) in [5.74, 6) is -0.153. The summed E-state index contributed by atoms with van der Waals surface area (Å²) >= 11 is 0. The van der Waals surface area contributed by atoms with E-state index < -0.39 is 5.97 Å². The minimum atomic E-state index is -0.941. The van der Waals surface area contributed by atoms with Gasteiger partial charge in [-0.05, 0) is 80.7 Å². The topological polar surface area (TPSA) is 70.1 Å². The smallest absolute Gasteiger partial charge is 1.00 e. The molecule has 4 rings (SSSR count). The van der Waals surface area contributed by atoms with E-state index in [9.17, 15) is 9.59 Å². The van der Waals surface area contributed by atoms with Gasteiger partial charge in [-0.1, -0.05) is 12.1 Å². The van der Waals surface area contributed by atoms with Crippen LogP contribution in [0, 0.1) is 0 Å². The first kappa shape index (κ1) is 23.4. The molecule has 6 nitrogen and oxygen atoms in total. The number of carboxylic acids is 1. The van der Waals surface area contributed by atoms with Crippen molar-refractivity contribution < 1.29 is 39.7 Å². The second-order valence-corrected chi connectivity index (χ2v) is 8.12. The van der Waals surface area contributed by atoms with Crippen molar-refractivity contribution in [3.8, 4) is 5.75 Å². The van der Waals surface area contributed by atoms with Crippen LogP contribution in [0.15, 0.2) is 48.5 Å². The van der Waals surface area contributed by atoms with Crippen LogP contribution in [0.3, 0.4) is 0 Å². The number of hydrogen-bond acceptors (Lipinski definition) is 4. The van der Waals surface area contributed by atoms with E-state index in [1.165, 1.54) is 12.8 Å². The molecule has 7 heteroatoms. The van der Waals surface area contributed by atoms with Crippen LogP contribution in [-0.4, -0.2) is 59.0 Å². The predicted molar refractivity (Wildman–Crippen MR) is 115 cm³/mol. The van der Waals surface area contributed by atoms with Crippen LogP contribution >= 0.6 is 0 Å². The quantitative estimate of drug-likeness (QED) is 0.676. The van der Waals surface area contributed by atoms with Crippen LogP contribution in [0.4, 0.5) is 0 Å². The van der Waals surface area contributed by atoms with Crippen LogP contribution < -0.4 is 23.6 Å². The predicted octanol–water partition coefficient (Wildman–Crippen LogP) is 0.781. The van der Waals surface area contributed by atoms with Gasteiger partial charge in [-0.25, -0.2) is 4.79 Å². The molecule has 1 N–H and O–H groups in total. The third kappa shape index (κ3) is 5.91. The summed E-state index contributed by atoms with van der Waals surface area (Å²) in [6.07, 6.45) is 4.70. The summed E-state index contributed by atoms with van der Waals surface area (Å²) in [5.41, 5.74) is 1.84. The number of rotatable bonds is 7. The standard InChI is InChI=1S/C24H28N2O4.Li.H/c27-23(26-15-3-4-21(26)16-25-13-1-2-14-25)19-9-11-22(12-10-19)30-17-18-5-7-20(8-6-18)24(28)29;;/h5-12,21H,1-4,13-17H2,(H,28,29);;/q;+1;-1. The largest absolute Gasteiger partial charge is 1.00 e. The summed E-state index contributed by atoms with van der Waals surface area (Å²) in [7, 11) is 0. The Morgan fingerprint density at radius 2 is 1.58 bits per heavy atom. The first-order chi connectivity index (χ1) is 14.6. The summed E-state index contributed by atoms with van der Waals surface area (Å²) in [5, 5.41) is 8.96. The molecular weight excluding hydrogens is 387 g/mol. The third-order valence-electron chi connectivity index (χ3n) is 6.01. The molecule has 2 saturated heterocycles. The van der Waals surface area contributed by atoms with Crippen molar-refractivity contribution in [2.75, 3.05) is 26.2 Å². The van der Waals surface area contributed by atoms with E-state index in [1.54, 1.807) is 24.3 Å². The van der Waals surface area contributed by atoms with Gasteiger partial charge in [-0.3, -0.25) is 4.79 Å². The fourth-order valence-corrected chi connectivity index (χ4v) is 4.33. The van der Waals surface area contributed by atoms with Gasteiger partial charge in [0.05, 0.1) is 5.56 Å². The molecular formula is C24H29LiN2O4. The second kappa shape index (κ2) is 10.9. The van der Waals surface area contributed by atoms with Crippen molar-refractivity contribution >= 4 is 11.9 Å². The first-order valence-corrected chi connectivity index (χ1v) is 10.7. The van der Waals surface area contributed by atoms with Crippen LogP contribution in [0.1, 0.15) is 53.4 Å². The number of carboxylic acid groups (broad SMARTS) is 1. The Balaban J connectivity index is 0.00000181. The van der Waals surface area contributed by atoms with Crippen molar-refractivity contribution in [3.05, 3.63) is 65.2 Å². The van der Waals surface area contributed by atoms with Crippen molar-refractivity contribution in [3.63, 3.8) is 0 Å². The molecule has 2 aliphatic heterocycles. The van der Waals surface area contributed by atoms with Gasteiger partial charge in [0.25, 0.3) is 5.91 Å². The molecule has 2 heterocycles. The minimum Gasteiger partial charge on any atom is -1.00 e. The number of carbonyl (C=O) groups is 2. The van der Waals surface area contributed by atoms with Crippen molar-refractivity contribution in [1.82, 2.24) is 9.80 Å². The van der Waals surface area contributed by atoms with Crippen LogP contribution in [0.25, 0.3) is 0 Å². The molecule has 0 aromatic heterocycles. The number of benzene rings is 2. The van der Waals surface area contributed by atoms with Gasteiger partial charge in [0.1, 0.15) is 12.4 Å². The van der Waals surface area contributed by atoms with Crippen LogP contribution in [-0.2, 0) is 6.61 Å². The number of carbonyl (C=O) groups excluding carboxylic acids is 1. The Labute approximate surface area is 196 Å². The minimum absolute atomic E-state index is 0. The molecule has 2 aromatic rings. The molecule has 0 bridgehead atoms. The van der Waals surface area contributed by atoms with Gasteiger partial charge in [0, 0.05) is 24.7 Å². The molecule has 2 aliphatic rings. The Bertz CT molecular complexity index is 886. The number of nitrogens with zero attached hydrogens (tertiary/aromatic N) is 2. The Hall–Kier alpha value is -2.26. The van der Waals surface area contributed by atoms with E-state index >= 15 is 0 Å². The molecule has 1 atom stereocenters. The normalized spacial score (nSPS) is 18.6. The zero-order chi connectivity index (χ0) is 20.9. The molecule has 160 valence electrons.